The van der Waals surface area contributed by atoms with Crippen molar-refractivity contribution in [1.29, 1.82) is 0 Å². The Bertz CT molecular complexity index is 1130. The van der Waals surface area contributed by atoms with Crippen molar-refractivity contribution in [2.75, 3.05) is 23.1 Å². The molecule has 0 saturated heterocycles. The molecule has 0 fully saturated rings. The van der Waals surface area contributed by atoms with Crippen LogP contribution in [0.2, 0.25) is 0 Å². The highest BCUT2D eigenvalue weighted by atomic mass is 32.2. The highest BCUT2D eigenvalue weighted by molar-refractivity contribution is 7.98. The van der Waals surface area contributed by atoms with E-state index in [0.29, 0.717) is 12.2 Å². The summed E-state index contributed by atoms with van der Waals surface area (Å²) in [4.78, 5) is 12.8. The van der Waals surface area contributed by atoms with E-state index in [1.54, 1.807) is 60.3 Å². The molecule has 0 aliphatic carbocycles. The minimum Gasteiger partial charge on any atom is -0.354 e. The number of anilines is 1. The van der Waals surface area contributed by atoms with Crippen LogP contribution in [0.25, 0.3) is 0 Å². The smallest absolute Gasteiger partial charge is 0.264 e. The molecule has 1 amide bonds. The Morgan fingerprint density at radius 1 is 0.906 bits per heavy atom. The van der Waals surface area contributed by atoms with Gasteiger partial charge in [0.1, 0.15) is 6.54 Å². The van der Waals surface area contributed by atoms with Gasteiger partial charge in [0.25, 0.3) is 10.0 Å². The number of para-hydroxylation sites is 1. The van der Waals surface area contributed by atoms with E-state index >= 15 is 0 Å². The first-order chi connectivity index (χ1) is 15.4. The molecule has 0 aromatic heterocycles. The van der Waals surface area contributed by atoms with E-state index in [9.17, 15) is 13.2 Å². The second-order valence-corrected chi connectivity index (χ2v) is 10.5. The number of carbonyl (C=O) groups excluding carboxylic acids is 1. The Morgan fingerprint density at radius 2 is 1.56 bits per heavy atom. The van der Waals surface area contributed by atoms with E-state index in [2.05, 4.69) is 24.4 Å². The molecule has 0 unspecified atom stereocenters. The van der Waals surface area contributed by atoms with Gasteiger partial charge >= 0.3 is 0 Å². The molecule has 5 nitrogen and oxygen atoms in total. The fourth-order valence-electron chi connectivity index (χ4n) is 3.15. The number of carbonyl (C=O) groups is 1. The standard InChI is InChI=1S/C25H28N2O3S2/c1-20-12-14-24(15-13-20)32(29,30)27(23-10-4-3-5-11-23)18-25(28)26-16-17-31-19-22-9-7-6-8-21(22)2/h3-15H,16-19H2,1-2H3,(H,26,28). The summed E-state index contributed by atoms with van der Waals surface area (Å²) in [5.41, 5.74) is 3.96. The van der Waals surface area contributed by atoms with Crippen LogP contribution in [0.5, 0.6) is 0 Å². The molecule has 32 heavy (non-hydrogen) atoms. The second-order valence-electron chi connectivity index (χ2n) is 7.49. The van der Waals surface area contributed by atoms with Gasteiger partial charge in [0.2, 0.25) is 5.91 Å². The average molecular weight is 469 g/mol. The Kier molecular flexibility index (Phi) is 8.36. The zero-order chi connectivity index (χ0) is 23.0. The van der Waals surface area contributed by atoms with E-state index < -0.39 is 10.0 Å². The van der Waals surface area contributed by atoms with E-state index in [1.807, 2.05) is 25.1 Å². The van der Waals surface area contributed by atoms with Crippen LogP contribution in [0, 0.1) is 13.8 Å². The van der Waals surface area contributed by atoms with E-state index in [4.69, 9.17) is 0 Å². The van der Waals surface area contributed by atoms with Gasteiger partial charge in [0.05, 0.1) is 10.6 Å². The molecule has 0 heterocycles. The lowest BCUT2D eigenvalue weighted by atomic mass is 10.1. The second kappa shape index (κ2) is 11.2. The van der Waals surface area contributed by atoms with Crippen molar-refractivity contribution >= 4 is 33.4 Å². The van der Waals surface area contributed by atoms with Gasteiger partial charge in [-0.2, -0.15) is 11.8 Å². The van der Waals surface area contributed by atoms with Crippen LogP contribution in [0.4, 0.5) is 5.69 Å². The van der Waals surface area contributed by atoms with Gasteiger partial charge in [0, 0.05) is 18.1 Å². The fraction of sp³-hybridized carbons (Fsp3) is 0.240. The van der Waals surface area contributed by atoms with Gasteiger partial charge in [-0.25, -0.2) is 8.42 Å². The normalized spacial score (nSPS) is 11.2. The minimum absolute atomic E-state index is 0.161. The third-order valence-electron chi connectivity index (χ3n) is 5.03. The van der Waals surface area contributed by atoms with Gasteiger partial charge in [-0.3, -0.25) is 9.10 Å². The average Bonchev–Trinajstić information content (AvgIpc) is 2.79. The summed E-state index contributed by atoms with van der Waals surface area (Å²) in [5.74, 6) is 1.29. The van der Waals surface area contributed by atoms with E-state index in [0.717, 1.165) is 21.4 Å². The van der Waals surface area contributed by atoms with Gasteiger partial charge in [0.15, 0.2) is 0 Å². The molecule has 0 bridgehead atoms. The highest BCUT2D eigenvalue weighted by Gasteiger charge is 2.26. The molecule has 0 radical (unpaired) electrons. The number of rotatable bonds is 10. The van der Waals surface area contributed by atoms with Gasteiger partial charge < -0.3 is 5.32 Å². The maximum atomic E-state index is 13.3. The van der Waals surface area contributed by atoms with Crippen molar-refractivity contribution in [3.63, 3.8) is 0 Å². The van der Waals surface area contributed by atoms with Crippen molar-refractivity contribution < 1.29 is 13.2 Å². The molecule has 1 N–H and O–H groups in total. The number of aryl methyl sites for hydroxylation is 2. The first-order valence-electron chi connectivity index (χ1n) is 10.4. The van der Waals surface area contributed by atoms with Crippen LogP contribution in [-0.2, 0) is 20.6 Å². The van der Waals surface area contributed by atoms with Gasteiger partial charge in [-0.1, -0.05) is 60.2 Å². The fourth-order valence-corrected chi connectivity index (χ4v) is 5.51. The molecule has 0 saturated carbocycles. The van der Waals surface area contributed by atoms with Crippen LogP contribution in [0.1, 0.15) is 16.7 Å². The highest BCUT2D eigenvalue weighted by Crippen LogP contribution is 2.23. The predicted octanol–water partition coefficient (Wildman–Crippen LogP) is 4.55. The first kappa shape index (κ1) is 23.9. The number of thioether (sulfide) groups is 1. The number of hydrogen-bond acceptors (Lipinski definition) is 4. The topological polar surface area (TPSA) is 66.5 Å². The summed E-state index contributed by atoms with van der Waals surface area (Å²) in [5, 5.41) is 2.85. The summed E-state index contributed by atoms with van der Waals surface area (Å²) in [6, 6.07) is 23.6. The molecule has 0 atom stereocenters. The molecule has 168 valence electrons. The molecule has 0 aliphatic rings. The third-order valence-corrected chi connectivity index (χ3v) is 7.82. The largest absolute Gasteiger partial charge is 0.354 e. The Balaban J connectivity index is 1.62. The molecule has 3 rings (SSSR count). The summed E-state index contributed by atoms with van der Waals surface area (Å²) in [7, 11) is -3.87. The van der Waals surface area contributed by atoms with Gasteiger partial charge in [-0.05, 0) is 49.2 Å². The molecule has 0 spiro atoms. The summed E-state index contributed by atoms with van der Waals surface area (Å²) in [6.07, 6.45) is 0. The van der Waals surface area contributed by atoms with Crippen molar-refractivity contribution in [3.8, 4) is 0 Å². The molecular formula is C25H28N2O3S2. The molecular weight excluding hydrogens is 440 g/mol. The Labute approximate surface area is 194 Å². The Morgan fingerprint density at radius 3 is 2.25 bits per heavy atom. The zero-order valence-corrected chi connectivity index (χ0v) is 20.0. The summed E-state index contributed by atoms with van der Waals surface area (Å²) >= 11 is 1.73. The number of nitrogens with zero attached hydrogens (tertiary/aromatic N) is 1. The predicted molar refractivity (Wildman–Crippen MR) is 133 cm³/mol. The number of sulfonamides is 1. The quantitative estimate of drug-likeness (QED) is 0.444. The van der Waals surface area contributed by atoms with Crippen LogP contribution in [0.15, 0.2) is 83.8 Å². The molecule has 3 aromatic carbocycles. The molecule has 7 heteroatoms. The van der Waals surface area contributed by atoms with Gasteiger partial charge in [-0.15, -0.1) is 0 Å². The van der Waals surface area contributed by atoms with E-state index in [1.165, 1.54) is 11.1 Å². The SMILES string of the molecule is Cc1ccc(S(=O)(=O)N(CC(=O)NCCSCc2ccccc2C)c2ccccc2)cc1. The van der Waals surface area contributed by atoms with Crippen LogP contribution < -0.4 is 9.62 Å². The lowest BCUT2D eigenvalue weighted by Crippen LogP contribution is -2.41. The maximum Gasteiger partial charge on any atom is 0.264 e. The van der Waals surface area contributed by atoms with Crippen molar-refractivity contribution in [2.24, 2.45) is 0 Å². The van der Waals surface area contributed by atoms with Crippen LogP contribution in [0.3, 0.4) is 0 Å². The van der Waals surface area contributed by atoms with Crippen molar-refractivity contribution in [3.05, 3.63) is 95.6 Å². The number of benzene rings is 3. The van der Waals surface area contributed by atoms with Crippen LogP contribution >= 0.6 is 11.8 Å². The maximum absolute atomic E-state index is 13.3. The Hall–Kier alpha value is -2.77. The third kappa shape index (κ3) is 6.37. The number of hydrogen-bond donors (Lipinski definition) is 1. The first-order valence-corrected chi connectivity index (χ1v) is 13.0. The summed E-state index contributed by atoms with van der Waals surface area (Å²) < 4.78 is 27.7. The number of nitrogens with one attached hydrogen (secondary N) is 1. The van der Waals surface area contributed by atoms with Crippen LogP contribution in [-0.4, -0.2) is 33.2 Å². The zero-order valence-electron chi connectivity index (χ0n) is 18.3. The van der Waals surface area contributed by atoms with E-state index in [-0.39, 0.29) is 17.3 Å². The van der Waals surface area contributed by atoms with Crippen molar-refractivity contribution in [1.82, 2.24) is 5.32 Å². The lowest BCUT2D eigenvalue weighted by Gasteiger charge is -2.24. The number of amides is 1. The minimum atomic E-state index is -3.87. The van der Waals surface area contributed by atoms with Crippen molar-refractivity contribution in [2.45, 2.75) is 24.5 Å². The molecule has 3 aromatic rings. The summed E-state index contributed by atoms with van der Waals surface area (Å²) in [6.45, 7) is 4.19. The lowest BCUT2D eigenvalue weighted by molar-refractivity contribution is -0.119. The monoisotopic (exact) mass is 468 g/mol. The molecule has 0 aliphatic heterocycles.